The maximum atomic E-state index is 6.07. The number of aryl methyl sites for hydroxylation is 2. The summed E-state index contributed by atoms with van der Waals surface area (Å²) in [6, 6.07) is 10.4. The van der Waals surface area contributed by atoms with Crippen LogP contribution in [-0.4, -0.2) is 15.0 Å². The Balaban J connectivity index is 1.93. The summed E-state index contributed by atoms with van der Waals surface area (Å²) in [5.41, 5.74) is 3.07. The zero-order chi connectivity index (χ0) is 13.2. The molecule has 2 heterocycles. The van der Waals surface area contributed by atoms with Gasteiger partial charge in [0.2, 0.25) is 0 Å². The summed E-state index contributed by atoms with van der Waals surface area (Å²) in [6.45, 7) is 0. The highest BCUT2D eigenvalue weighted by Crippen LogP contribution is 2.32. The minimum absolute atomic E-state index is 0.566. The number of aromatic nitrogens is 3. The van der Waals surface area contributed by atoms with Crippen LogP contribution < -0.4 is 0 Å². The first-order valence-electron chi connectivity index (χ1n) is 5.96. The van der Waals surface area contributed by atoms with Crippen LogP contribution in [0.1, 0.15) is 11.3 Å². The molecule has 0 atom stereocenters. The van der Waals surface area contributed by atoms with Gasteiger partial charge in [-0.25, -0.2) is 9.97 Å². The Morgan fingerprint density at radius 1 is 1.11 bits per heavy atom. The largest absolute Gasteiger partial charge is 0.329 e. The van der Waals surface area contributed by atoms with Crippen LogP contribution >= 0.6 is 27.5 Å². The molecular weight excluding hydrogens is 326 g/mol. The number of H-pyrrole nitrogens is 1. The van der Waals surface area contributed by atoms with Crippen molar-refractivity contribution in [3.8, 4) is 0 Å². The van der Waals surface area contributed by atoms with Crippen LogP contribution in [0, 0.1) is 0 Å². The van der Waals surface area contributed by atoms with E-state index in [-0.39, 0.29) is 0 Å². The van der Waals surface area contributed by atoms with Gasteiger partial charge in [0, 0.05) is 0 Å². The first-order valence-corrected chi connectivity index (χ1v) is 7.13. The molecule has 3 aromatic rings. The van der Waals surface area contributed by atoms with E-state index in [4.69, 9.17) is 11.6 Å². The van der Waals surface area contributed by atoms with E-state index in [1.807, 2.05) is 18.2 Å². The topological polar surface area (TPSA) is 41.6 Å². The van der Waals surface area contributed by atoms with Gasteiger partial charge in [-0.2, -0.15) is 0 Å². The summed E-state index contributed by atoms with van der Waals surface area (Å²) >= 11 is 9.56. The molecule has 96 valence electrons. The number of nitrogens with one attached hydrogen (secondary N) is 1. The van der Waals surface area contributed by atoms with Crippen LogP contribution in [0.5, 0.6) is 0 Å². The fourth-order valence-electron chi connectivity index (χ4n) is 2.11. The highest BCUT2D eigenvalue weighted by Gasteiger charge is 2.13. The molecule has 1 aromatic carbocycles. The van der Waals surface area contributed by atoms with E-state index in [2.05, 4.69) is 43.0 Å². The third-order valence-corrected chi connectivity index (χ3v) is 4.36. The number of nitrogens with zero attached hydrogens (tertiary/aromatic N) is 2. The van der Waals surface area contributed by atoms with Crippen molar-refractivity contribution in [2.24, 2.45) is 0 Å². The molecule has 0 saturated heterocycles. The monoisotopic (exact) mass is 335 g/mol. The molecule has 5 heteroatoms. The van der Waals surface area contributed by atoms with Gasteiger partial charge in [-0.05, 0) is 34.3 Å². The number of halogens is 2. The maximum absolute atomic E-state index is 6.07. The molecule has 1 N–H and O–H groups in total. The molecule has 0 fully saturated rings. The molecule has 19 heavy (non-hydrogen) atoms. The van der Waals surface area contributed by atoms with E-state index in [0.29, 0.717) is 5.15 Å². The lowest BCUT2D eigenvalue weighted by molar-refractivity contribution is 0.916. The molecule has 0 spiro atoms. The van der Waals surface area contributed by atoms with Crippen molar-refractivity contribution in [1.82, 2.24) is 15.0 Å². The fraction of sp³-hybridized carbons (Fsp3) is 0.143. The first-order chi connectivity index (χ1) is 9.25. The number of benzene rings is 1. The number of aromatic amines is 1. The minimum Gasteiger partial charge on any atom is -0.329 e. The van der Waals surface area contributed by atoms with E-state index in [1.165, 1.54) is 5.56 Å². The Bertz CT molecular complexity index is 709. The summed E-state index contributed by atoms with van der Waals surface area (Å²) in [6.07, 6.45) is 3.37. The molecular formula is C14H11BrClN3. The van der Waals surface area contributed by atoms with Crippen molar-refractivity contribution in [2.75, 3.05) is 0 Å². The van der Waals surface area contributed by atoms with E-state index < -0.39 is 0 Å². The molecule has 3 rings (SSSR count). The third kappa shape index (κ3) is 2.51. The molecule has 2 aromatic heterocycles. The fourth-order valence-corrected chi connectivity index (χ4v) is 2.81. The zero-order valence-corrected chi connectivity index (χ0v) is 12.4. The maximum Gasteiger partial charge on any atom is 0.143 e. The Morgan fingerprint density at radius 3 is 2.68 bits per heavy atom. The summed E-state index contributed by atoms with van der Waals surface area (Å²) in [7, 11) is 0. The van der Waals surface area contributed by atoms with Gasteiger partial charge in [0.1, 0.15) is 17.1 Å². The van der Waals surface area contributed by atoms with E-state index in [0.717, 1.165) is 34.0 Å². The Morgan fingerprint density at radius 2 is 1.89 bits per heavy atom. The Hall–Kier alpha value is -1.39. The van der Waals surface area contributed by atoms with E-state index in [1.54, 1.807) is 6.33 Å². The molecule has 0 aliphatic rings. The number of rotatable bonds is 3. The lowest BCUT2D eigenvalue weighted by Crippen LogP contribution is -1.96. The summed E-state index contributed by atoms with van der Waals surface area (Å²) in [4.78, 5) is 11.6. The molecule has 0 aliphatic heterocycles. The van der Waals surface area contributed by atoms with Gasteiger partial charge in [-0.1, -0.05) is 41.9 Å². The van der Waals surface area contributed by atoms with Crippen molar-refractivity contribution < 1.29 is 0 Å². The van der Waals surface area contributed by atoms with Crippen molar-refractivity contribution >= 4 is 38.6 Å². The average Bonchev–Trinajstić information content (AvgIpc) is 2.74. The van der Waals surface area contributed by atoms with Crippen LogP contribution in [0.25, 0.3) is 11.0 Å². The van der Waals surface area contributed by atoms with Gasteiger partial charge in [0.05, 0.1) is 15.6 Å². The second-order valence-corrected chi connectivity index (χ2v) is 5.45. The van der Waals surface area contributed by atoms with Gasteiger partial charge >= 0.3 is 0 Å². The molecule has 3 nitrogen and oxygen atoms in total. The highest BCUT2D eigenvalue weighted by molar-refractivity contribution is 9.10. The molecule has 0 radical (unpaired) electrons. The van der Waals surface area contributed by atoms with Crippen LogP contribution in [0.2, 0.25) is 5.15 Å². The number of hydrogen-bond donors (Lipinski definition) is 1. The van der Waals surface area contributed by atoms with Crippen LogP contribution in [0.4, 0.5) is 0 Å². The lowest BCUT2D eigenvalue weighted by Gasteiger charge is -2.03. The smallest absolute Gasteiger partial charge is 0.143 e. The van der Waals surface area contributed by atoms with Crippen molar-refractivity contribution in [3.05, 3.63) is 57.5 Å². The predicted molar refractivity (Wildman–Crippen MR) is 80.4 cm³/mol. The molecule has 0 unspecified atom stereocenters. The summed E-state index contributed by atoms with van der Waals surface area (Å²) in [5, 5.41) is 1.54. The molecule has 0 amide bonds. The van der Waals surface area contributed by atoms with Crippen molar-refractivity contribution in [1.29, 1.82) is 0 Å². The highest BCUT2D eigenvalue weighted by atomic mass is 79.9. The Labute approximate surface area is 124 Å². The standard InChI is InChI=1S/C14H11BrClN3/c15-12-11-10(7-6-9-4-2-1-3-5-9)17-8-18-14(11)19-13(12)16/h1-5,8H,6-7H2,(H,17,18,19). The Kier molecular flexibility index (Phi) is 3.53. The number of hydrogen-bond acceptors (Lipinski definition) is 2. The van der Waals surface area contributed by atoms with Gasteiger partial charge in [0.15, 0.2) is 0 Å². The quantitative estimate of drug-likeness (QED) is 0.780. The third-order valence-electron chi connectivity index (χ3n) is 3.06. The normalized spacial score (nSPS) is 11.1. The number of fused-ring (bicyclic) bond motifs is 1. The lowest BCUT2D eigenvalue weighted by atomic mass is 10.1. The van der Waals surface area contributed by atoms with Crippen LogP contribution in [-0.2, 0) is 12.8 Å². The zero-order valence-electron chi connectivity index (χ0n) is 10.0. The van der Waals surface area contributed by atoms with Gasteiger partial charge in [-0.3, -0.25) is 0 Å². The van der Waals surface area contributed by atoms with Crippen LogP contribution in [0.15, 0.2) is 41.1 Å². The van der Waals surface area contributed by atoms with Gasteiger partial charge in [0.25, 0.3) is 0 Å². The molecule has 0 saturated carbocycles. The van der Waals surface area contributed by atoms with Gasteiger partial charge in [-0.15, -0.1) is 0 Å². The predicted octanol–water partition coefficient (Wildman–Crippen LogP) is 4.16. The summed E-state index contributed by atoms with van der Waals surface area (Å²) in [5.74, 6) is 0. The van der Waals surface area contributed by atoms with Crippen LogP contribution in [0.3, 0.4) is 0 Å². The molecule has 0 aliphatic carbocycles. The second-order valence-electron chi connectivity index (χ2n) is 4.28. The first kappa shape index (κ1) is 12.6. The average molecular weight is 337 g/mol. The van der Waals surface area contributed by atoms with Crippen molar-refractivity contribution in [3.63, 3.8) is 0 Å². The van der Waals surface area contributed by atoms with Gasteiger partial charge < -0.3 is 4.98 Å². The van der Waals surface area contributed by atoms with E-state index >= 15 is 0 Å². The molecule has 0 bridgehead atoms. The summed E-state index contributed by atoms with van der Waals surface area (Å²) < 4.78 is 0.841. The van der Waals surface area contributed by atoms with Crippen molar-refractivity contribution in [2.45, 2.75) is 12.8 Å². The SMILES string of the molecule is Clc1[nH]c2ncnc(CCc3ccccc3)c2c1Br. The van der Waals surface area contributed by atoms with E-state index in [9.17, 15) is 0 Å². The minimum atomic E-state index is 0.566. The second kappa shape index (κ2) is 5.31.